The Balaban J connectivity index is 2.46. The predicted molar refractivity (Wildman–Crippen MR) is 116 cm³/mol. The summed E-state index contributed by atoms with van der Waals surface area (Å²) in [5, 5.41) is 0. The molecule has 2 rings (SSSR count). The van der Waals surface area contributed by atoms with Crippen LogP contribution < -0.4 is 0 Å². The van der Waals surface area contributed by atoms with Crippen molar-refractivity contribution in [3.05, 3.63) is 30.3 Å². The lowest BCUT2D eigenvalue weighted by Crippen LogP contribution is -2.61. The molecular weight excluding hydrogens is 489 g/mol. The first-order valence-electron chi connectivity index (χ1n) is 9.43. The van der Waals surface area contributed by atoms with E-state index in [4.69, 9.17) is 58.5 Å². The third-order valence-corrected chi connectivity index (χ3v) is 4.58. The highest BCUT2D eigenvalue weighted by Gasteiger charge is 2.52. The summed E-state index contributed by atoms with van der Waals surface area (Å²) in [5.41, 5.74) is 0.413. The van der Waals surface area contributed by atoms with Crippen molar-refractivity contribution in [3.8, 4) is 0 Å². The van der Waals surface area contributed by atoms with Gasteiger partial charge in [0.1, 0.15) is 0 Å². The van der Waals surface area contributed by atoms with E-state index in [0.717, 1.165) is 13.8 Å². The molecule has 0 saturated carbocycles. The van der Waals surface area contributed by atoms with Crippen molar-refractivity contribution >= 4 is 64.3 Å². The molecule has 0 bridgehead atoms. The van der Waals surface area contributed by atoms with Gasteiger partial charge in [0.25, 0.3) is 3.79 Å². The second kappa shape index (κ2) is 11.2. The zero-order valence-corrected chi connectivity index (χ0v) is 19.9. The first-order chi connectivity index (χ1) is 14.9. The second-order valence-electron chi connectivity index (χ2n) is 6.80. The zero-order valence-electron chi connectivity index (χ0n) is 17.6. The molecule has 9 nitrogen and oxygen atoms in total. The van der Waals surface area contributed by atoms with E-state index in [0.29, 0.717) is 5.69 Å². The van der Waals surface area contributed by atoms with Crippen LogP contribution >= 0.6 is 34.8 Å². The zero-order chi connectivity index (χ0) is 24.1. The third kappa shape index (κ3) is 7.51. The molecule has 1 saturated heterocycles. The van der Waals surface area contributed by atoms with Crippen LogP contribution in [-0.4, -0.2) is 58.3 Å². The Kier molecular flexibility index (Phi) is 9.15. The Hall–Kier alpha value is -2.07. The van der Waals surface area contributed by atoms with Gasteiger partial charge in [-0.2, -0.15) is 0 Å². The molecule has 0 N–H and O–H groups in total. The number of rotatable bonds is 5. The van der Waals surface area contributed by atoms with Gasteiger partial charge in [0, 0.05) is 20.8 Å². The number of aliphatic imine (C=N–C) groups is 1. The van der Waals surface area contributed by atoms with Crippen molar-refractivity contribution in [1.82, 2.24) is 0 Å². The molecule has 1 aromatic rings. The number of benzene rings is 1. The summed E-state index contributed by atoms with van der Waals surface area (Å²) < 4.78 is 25.2. The predicted octanol–water partition coefficient (Wildman–Crippen LogP) is 3.64. The van der Waals surface area contributed by atoms with Crippen molar-refractivity contribution < 1.29 is 38.1 Å². The van der Waals surface area contributed by atoms with Gasteiger partial charge in [0.05, 0.1) is 11.8 Å². The molecule has 1 aliphatic heterocycles. The minimum Gasteiger partial charge on any atom is -0.456 e. The van der Waals surface area contributed by atoms with Crippen molar-refractivity contribution in [1.29, 1.82) is 0 Å². The van der Waals surface area contributed by atoms with Crippen LogP contribution in [0, 0.1) is 0 Å². The summed E-state index contributed by atoms with van der Waals surface area (Å²) in [5.74, 6) is -2.49. The fourth-order valence-electron chi connectivity index (χ4n) is 2.95. The normalized spacial score (nSPS) is 26.1. The van der Waals surface area contributed by atoms with Gasteiger partial charge < -0.3 is 23.7 Å². The Morgan fingerprint density at radius 1 is 0.844 bits per heavy atom. The maximum Gasteiger partial charge on any atom is 0.303 e. The minimum absolute atomic E-state index is 0.379. The van der Waals surface area contributed by atoms with Crippen LogP contribution in [0.3, 0.4) is 0 Å². The molecule has 1 heterocycles. The van der Waals surface area contributed by atoms with Crippen LogP contribution in [0.15, 0.2) is 35.3 Å². The number of esters is 3. The Morgan fingerprint density at radius 2 is 1.34 bits per heavy atom. The maximum absolute atomic E-state index is 11.8. The third-order valence-electron chi connectivity index (χ3n) is 4.09. The topological polar surface area (TPSA) is 110 Å². The van der Waals surface area contributed by atoms with Gasteiger partial charge in [-0.3, -0.25) is 14.4 Å². The van der Waals surface area contributed by atoms with E-state index < -0.39 is 52.4 Å². The second-order valence-corrected chi connectivity index (χ2v) is 9.08. The number of ether oxygens (including phenoxy) is 5. The summed E-state index contributed by atoms with van der Waals surface area (Å²) in [6.07, 6.45) is -5.99. The van der Waals surface area contributed by atoms with Gasteiger partial charge in [-0.1, -0.05) is 53.0 Å². The molecule has 1 unspecified atom stereocenters. The number of para-hydroxylation sites is 1. The maximum atomic E-state index is 11.8. The number of nitrogens with zero attached hydrogens (tertiary/aromatic N) is 1. The average Bonchev–Trinajstić information content (AvgIpc) is 2.66. The van der Waals surface area contributed by atoms with Crippen LogP contribution in [-0.2, 0) is 38.1 Å². The number of halogens is 3. The van der Waals surface area contributed by atoms with Crippen molar-refractivity contribution in [2.45, 2.75) is 62.2 Å². The molecule has 1 aliphatic rings. The van der Waals surface area contributed by atoms with E-state index in [1.54, 1.807) is 37.3 Å². The SMILES string of the molecule is CC(=O)O[C@@H]1[C@@H](OC(C)=O)[C@@H](OC(C)=O)C(OC(=Nc2ccccc2)C(Cl)(Cl)Cl)O[C@H]1C. The molecule has 0 aromatic heterocycles. The largest absolute Gasteiger partial charge is 0.456 e. The quantitative estimate of drug-likeness (QED) is 0.194. The van der Waals surface area contributed by atoms with Crippen LogP contribution in [0.25, 0.3) is 0 Å². The lowest BCUT2D eigenvalue weighted by atomic mass is 9.99. The first kappa shape index (κ1) is 26.2. The number of hydrogen-bond donors (Lipinski definition) is 0. The van der Waals surface area contributed by atoms with E-state index >= 15 is 0 Å². The molecule has 0 spiro atoms. The monoisotopic (exact) mass is 509 g/mol. The molecule has 1 aromatic carbocycles. The fourth-order valence-corrected chi connectivity index (χ4v) is 3.21. The summed E-state index contributed by atoms with van der Waals surface area (Å²) >= 11 is 18.1. The molecule has 12 heteroatoms. The smallest absolute Gasteiger partial charge is 0.303 e. The first-order valence-corrected chi connectivity index (χ1v) is 10.6. The molecule has 1 fully saturated rings. The lowest BCUT2D eigenvalue weighted by Gasteiger charge is -2.43. The molecular formula is C20H22Cl3NO8. The summed E-state index contributed by atoms with van der Waals surface area (Å²) in [6.45, 7) is 5.01. The fraction of sp³-hybridized carbons (Fsp3) is 0.500. The summed E-state index contributed by atoms with van der Waals surface area (Å²) in [7, 11) is 0. The van der Waals surface area contributed by atoms with Crippen molar-refractivity contribution in [2.24, 2.45) is 4.99 Å². The van der Waals surface area contributed by atoms with Crippen LogP contribution in [0.1, 0.15) is 27.7 Å². The standard InChI is InChI=1S/C20H22Cl3NO8/c1-10-15(29-11(2)25)16(30-12(3)26)17(31-13(4)27)18(28-10)32-19(20(21,22)23)24-14-8-6-5-7-9-14/h5-10,15-18H,1-4H3/t10-,15-,16+,17+,18?/m0/s1. The van der Waals surface area contributed by atoms with E-state index in [1.165, 1.54) is 6.92 Å². The molecule has 0 radical (unpaired) electrons. The lowest BCUT2D eigenvalue weighted by molar-refractivity contribution is -0.283. The number of carbonyl (C=O) groups excluding carboxylic acids is 3. The van der Waals surface area contributed by atoms with Crippen LogP contribution in [0.2, 0.25) is 0 Å². The minimum atomic E-state index is -2.12. The Morgan fingerprint density at radius 3 is 1.84 bits per heavy atom. The molecule has 0 amide bonds. The summed E-state index contributed by atoms with van der Waals surface area (Å²) in [4.78, 5) is 39.3. The van der Waals surface area contributed by atoms with Gasteiger partial charge in [0.15, 0.2) is 12.2 Å². The number of hydrogen-bond acceptors (Lipinski definition) is 9. The molecule has 5 atom stereocenters. The number of alkyl halides is 3. The molecule has 176 valence electrons. The highest BCUT2D eigenvalue weighted by Crippen LogP contribution is 2.35. The van der Waals surface area contributed by atoms with Gasteiger partial charge in [-0.05, 0) is 19.1 Å². The highest BCUT2D eigenvalue weighted by molar-refractivity contribution is 6.76. The van der Waals surface area contributed by atoms with Crippen LogP contribution in [0.4, 0.5) is 5.69 Å². The van der Waals surface area contributed by atoms with Gasteiger partial charge in [-0.25, -0.2) is 4.99 Å². The van der Waals surface area contributed by atoms with E-state index in [1.807, 2.05) is 0 Å². The van der Waals surface area contributed by atoms with E-state index in [9.17, 15) is 14.4 Å². The average molecular weight is 511 g/mol. The van der Waals surface area contributed by atoms with Crippen molar-refractivity contribution in [2.75, 3.05) is 0 Å². The van der Waals surface area contributed by atoms with E-state index in [-0.39, 0.29) is 5.90 Å². The van der Waals surface area contributed by atoms with Gasteiger partial charge in [0.2, 0.25) is 18.3 Å². The highest BCUT2D eigenvalue weighted by atomic mass is 35.6. The molecule has 0 aliphatic carbocycles. The van der Waals surface area contributed by atoms with Gasteiger partial charge in [-0.15, -0.1) is 0 Å². The van der Waals surface area contributed by atoms with Crippen molar-refractivity contribution in [3.63, 3.8) is 0 Å². The molecule has 32 heavy (non-hydrogen) atoms. The van der Waals surface area contributed by atoms with Crippen LogP contribution in [0.5, 0.6) is 0 Å². The van der Waals surface area contributed by atoms with Gasteiger partial charge >= 0.3 is 17.9 Å². The Labute approximate surface area is 199 Å². The van der Waals surface area contributed by atoms with E-state index in [2.05, 4.69) is 4.99 Å². The summed E-state index contributed by atoms with van der Waals surface area (Å²) in [6, 6.07) is 8.50. The number of carbonyl (C=O) groups is 3. The Bertz CT molecular complexity index is 858.